The largest absolute Gasteiger partial charge is 0.508 e. The van der Waals surface area contributed by atoms with Gasteiger partial charge in [0.25, 0.3) is 0 Å². The third-order valence-electron chi connectivity index (χ3n) is 4.63. The van der Waals surface area contributed by atoms with E-state index in [1.165, 1.54) is 0 Å². The van der Waals surface area contributed by atoms with E-state index in [2.05, 4.69) is 24.5 Å². The molecule has 2 rings (SSSR count). The molecule has 0 aliphatic heterocycles. The van der Waals surface area contributed by atoms with Crippen LogP contribution in [0.1, 0.15) is 62.7 Å². The first kappa shape index (κ1) is 20.3. The fourth-order valence-electron chi connectivity index (χ4n) is 3.09. The van der Waals surface area contributed by atoms with Crippen molar-refractivity contribution in [3.8, 4) is 11.5 Å². The van der Waals surface area contributed by atoms with E-state index in [4.69, 9.17) is 0 Å². The Morgan fingerprint density at radius 2 is 1.00 bits per heavy atom. The number of nitrogens with one attached hydrogen (secondary N) is 2. The van der Waals surface area contributed by atoms with Crippen molar-refractivity contribution in [3.05, 3.63) is 59.7 Å². The van der Waals surface area contributed by atoms with E-state index in [9.17, 15) is 10.2 Å². The van der Waals surface area contributed by atoms with Crippen molar-refractivity contribution in [1.29, 1.82) is 0 Å². The van der Waals surface area contributed by atoms with Crippen molar-refractivity contribution in [2.75, 3.05) is 13.1 Å². The molecule has 0 spiro atoms. The van der Waals surface area contributed by atoms with Gasteiger partial charge >= 0.3 is 0 Å². The maximum Gasteiger partial charge on any atom is 0.115 e. The number of aromatic hydroxyl groups is 2. The Labute approximate surface area is 157 Å². The SMILES string of the molecule is CCCCN[C@H](c1ccc(O)cc1)[C@H](NCCCC)c1ccc(O)cc1. The third kappa shape index (κ3) is 6.04. The second-order valence-electron chi connectivity index (χ2n) is 6.75. The lowest BCUT2D eigenvalue weighted by Crippen LogP contribution is -2.36. The van der Waals surface area contributed by atoms with E-state index in [1.54, 1.807) is 24.3 Å². The number of phenolic OH excluding ortho intramolecular Hbond substituents is 2. The van der Waals surface area contributed by atoms with Crippen LogP contribution in [0.4, 0.5) is 0 Å². The van der Waals surface area contributed by atoms with E-state index < -0.39 is 0 Å². The smallest absolute Gasteiger partial charge is 0.115 e. The average Bonchev–Trinajstić information content (AvgIpc) is 2.65. The van der Waals surface area contributed by atoms with Gasteiger partial charge in [-0.2, -0.15) is 0 Å². The minimum Gasteiger partial charge on any atom is -0.508 e. The van der Waals surface area contributed by atoms with Gasteiger partial charge in [0.2, 0.25) is 0 Å². The molecular formula is C22H32N2O2. The molecule has 4 N–H and O–H groups in total. The molecule has 4 nitrogen and oxygen atoms in total. The molecule has 26 heavy (non-hydrogen) atoms. The summed E-state index contributed by atoms with van der Waals surface area (Å²) in [6, 6.07) is 15.1. The molecule has 0 aliphatic carbocycles. The first-order valence-corrected chi connectivity index (χ1v) is 9.70. The van der Waals surface area contributed by atoms with Crippen LogP contribution < -0.4 is 10.6 Å². The molecule has 0 aromatic heterocycles. The van der Waals surface area contributed by atoms with Crippen LogP contribution in [0, 0.1) is 0 Å². The number of hydrogen-bond donors (Lipinski definition) is 4. The maximum absolute atomic E-state index is 9.65. The summed E-state index contributed by atoms with van der Waals surface area (Å²) in [6.07, 6.45) is 4.52. The predicted molar refractivity (Wildman–Crippen MR) is 108 cm³/mol. The number of rotatable bonds is 11. The van der Waals surface area contributed by atoms with Crippen molar-refractivity contribution < 1.29 is 10.2 Å². The Balaban J connectivity index is 2.31. The normalized spacial score (nSPS) is 13.5. The lowest BCUT2D eigenvalue weighted by atomic mass is 9.92. The summed E-state index contributed by atoms with van der Waals surface area (Å²) >= 11 is 0. The minimum atomic E-state index is 0.0866. The topological polar surface area (TPSA) is 64.5 Å². The highest BCUT2D eigenvalue weighted by Gasteiger charge is 2.24. The first-order chi connectivity index (χ1) is 12.7. The highest BCUT2D eigenvalue weighted by Crippen LogP contribution is 2.31. The molecule has 0 aliphatic rings. The monoisotopic (exact) mass is 356 g/mol. The molecule has 2 atom stereocenters. The highest BCUT2D eigenvalue weighted by molar-refractivity contribution is 5.34. The van der Waals surface area contributed by atoms with Crippen LogP contribution in [0.15, 0.2) is 48.5 Å². The Morgan fingerprint density at radius 3 is 1.31 bits per heavy atom. The molecule has 0 unspecified atom stereocenters. The van der Waals surface area contributed by atoms with E-state index in [0.29, 0.717) is 0 Å². The zero-order valence-corrected chi connectivity index (χ0v) is 15.9. The quantitative estimate of drug-likeness (QED) is 0.442. The van der Waals surface area contributed by atoms with Crippen LogP contribution in [0.5, 0.6) is 11.5 Å². The molecule has 0 fully saturated rings. The number of benzene rings is 2. The van der Waals surface area contributed by atoms with Crippen LogP contribution >= 0.6 is 0 Å². The van der Waals surface area contributed by atoms with Gasteiger partial charge in [-0.1, -0.05) is 51.0 Å². The van der Waals surface area contributed by atoms with Gasteiger partial charge in [-0.3, -0.25) is 0 Å². The molecular weight excluding hydrogens is 324 g/mol. The lowest BCUT2D eigenvalue weighted by Gasteiger charge is -2.30. The molecule has 4 heteroatoms. The molecule has 0 saturated carbocycles. The summed E-state index contributed by atoms with van der Waals surface area (Å²) in [5, 5.41) is 26.7. The highest BCUT2D eigenvalue weighted by atomic mass is 16.3. The Bertz CT molecular complexity index is 568. The number of hydrogen-bond acceptors (Lipinski definition) is 4. The van der Waals surface area contributed by atoms with Crippen LogP contribution in [-0.4, -0.2) is 23.3 Å². The van der Waals surface area contributed by atoms with E-state index in [0.717, 1.165) is 49.9 Å². The average molecular weight is 357 g/mol. The molecule has 0 amide bonds. The summed E-state index contributed by atoms with van der Waals surface area (Å²) in [6.45, 7) is 6.25. The summed E-state index contributed by atoms with van der Waals surface area (Å²) in [7, 11) is 0. The van der Waals surface area contributed by atoms with Crippen LogP contribution in [0.25, 0.3) is 0 Å². The van der Waals surface area contributed by atoms with Crippen LogP contribution in [0.2, 0.25) is 0 Å². The van der Waals surface area contributed by atoms with Crippen molar-refractivity contribution in [2.45, 2.75) is 51.6 Å². The maximum atomic E-state index is 9.65. The second kappa shape index (κ2) is 10.8. The second-order valence-corrected chi connectivity index (χ2v) is 6.75. The molecule has 0 bridgehead atoms. The van der Waals surface area contributed by atoms with Gasteiger partial charge in [0.1, 0.15) is 11.5 Å². The Kier molecular flexibility index (Phi) is 8.45. The fourth-order valence-corrected chi connectivity index (χ4v) is 3.09. The zero-order valence-electron chi connectivity index (χ0n) is 15.9. The zero-order chi connectivity index (χ0) is 18.8. The molecule has 142 valence electrons. The minimum absolute atomic E-state index is 0.0866. The van der Waals surface area contributed by atoms with Gasteiger partial charge in [0.05, 0.1) is 12.1 Å². The van der Waals surface area contributed by atoms with E-state index in [1.807, 2.05) is 24.3 Å². The summed E-state index contributed by atoms with van der Waals surface area (Å²) in [4.78, 5) is 0. The summed E-state index contributed by atoms with van der Waals surface area (Å²) in [5.74, 6) is 0.558. The van der Waals surface area contributed by atoms with Gasteiger partial charge < -0.3 is 20.8 Å². The van der Waals surface area contributed by atoms with Crippen molar-refractivity contribution in [3.63, 3.8) is 0 Å². The molecule has 2 aromatic rings. The standard InChI is InChI=1S/C22H32N2O2/c1-3-5-15-23-21(17-7-11-19(25)12-8-17)22(24-16-6-4-2)18-9-13-20(26)14-10-18/h7-14,21-26H,3-6,15-16H2,1-2H3/t21-,22-/m1/s1. The summed E-state index contributed by atoms with van der Waals surface area (Å²) < 4.78 is 0. The first-order valence-electron chi connectivity index (χ1n) is 9.70. The van der Waals surface area contributed by atoms with Gasteiger partial charge in [-0.15, -0.1) is 0 Å². The van der Waals surface area contributed by atoms with Crippen LogP contribution in [-0.2, 0) is 0 Å². The number of phenols is 2. The molecule has 2 aromatic carbocycles. The predicted octanol–water partition coefficient (Wildman–Crippen LogP) is 4.66. The van der Waals surface area contributed by atoms with Crippen molar-refractivity contribution in [1.82, 2.24) is 10.6 Å². The Morgan fingerprint density at radius 1 is 0.654 bits per heavy atom. The van der Waals surface area contributed by atoms with Gasteiger partial charge in [0.15, 0.2) is 0 Å². The summed E-state index contributed by atoms with van der Waals surface area (Å²) in [5.41, 5.74) is 2.28. The van der Waals surface area contributed by atoms with Crippen molar-refractivity contribution >= 4 is 0 Å². The molecule has 0 heterocycles. The number of unbranched alkanes of at least 4 members (excludes halogenated alkanes) is 2. The van der Waals surface area contributed by atoms with E-state index in [-0.39, 0.29) is 23.6 Å². The molecule has 0 radical (unpaired) electrons. The van der Waals surface area contributed by atoms with Gasteiger partial charge in [0, 0.05) is 0 Å². The molecule has 0 saturated heterocycles. The van der Waals surface area contributed by atoms with Crippen LogP contribution in [0.3, 0.4) is 0 Å². The fraction of sp³-hybridized carbons (Fsp3) is 0.455. The lowest BCUT2D eigenvalue weighted by molar-refractivity contribution is 0.378. The third-order valence-corrected chi connectivity index (χ3v) is 4.63. The van der Waals surface area contributed by atoms with Gasteiger partial charge in [-0.25, -0.2) is 0 Å². The van der Waals surface area contributed by atoms with Crippen molar-refractivity contribution in [2.24, 2.45) is 0 Å². The van der Waals surface area contributed by atoms with Gasteiger partial charge in [-0.05, 0) is 61.3 Å². The Hall–Kier alpha value is -2.04. The van der Waals surface area contributed by atoms with E-state index >= 15 is 0 Å².